The average Bonchev–Trinajstić information content (AvgIpc) is 2.36. The number of rotatable bonds is 1. The minimum absolute atomic E-state index is 0.0666. The first-order chi connectivity index (χ1) is 9.61. The minimum atomic E-state index is -4.02. The Bertz CT molecular complexity index is 695. The second-order valence-corrected chi connectivity index (χ2v) is 6.90. The van der Waals surface area contributed by atoms with E-state index in [1.165, 1.54) is 28.8 Å². The lowest BCUT2D eigenvalue weighted by molar-refractivity contribution is 0.483. The summed E-state index contributed by atoms with van der Waals surface area (Å²) in [4.78, 5) is 1.05. The predicted octanol–water partition coefficient (Wildman–Crippen LogP) is 4.14. The fourth-order valence-corrected chi connectivity index (χ4v) is 2.49. The summed E-state index contributed by atoms with van der Waals surface area (Å²) in [5.41, 5.74) is 4.80. The molecule has 0 radical (unpaired) electrons. The third-order valence-electron chi connectivity index (χ3n) is 2.95. The van der Waals surface area contributed by atoms with Crippen LogP contribution in [-0.2, 0) is 10.1 Å². The number of aryl methyl sites for hydroxylation is 4. The molecule has 5 heteroatoms. The molecule has 0 bridgehead atoms. The molecule has 3 nitrogen and oxygen atoms in total. The van der Waals surface area contributed by atoms with Crippen LogP contribution >= 0.6 is 12.6 Å². The molecule has 114 valence electrons. The highest BCUT2D eigenvalue weighted by Gasteiger charge is 2.06. The van der Waals surface area contributed by atoms with Crippen LogP contribution in [0.2, 0.25) is 0 Å². The van der Waals surface area contributed by atoms with Crippen molar-refractivity contribution in [2.45, 2.75) is 37.5 Å². The molecule has 0 fully saturated rings. The Kier molecular flexibility index (Phi) is 6.01. The second-order valence-electron chi connectivity index (χ2n) is 5.04. The molecule has 0 aromatic heterocycles. The summed E-state index contributed by atoms with van der Waals surface area (Å²) in [5.74, 6) is 0. The van der Waals surface area contributed by atoms with Crippen molar-refractivity contribution in [1.82, 2.24) is 0 Å². The SMILES string of the molecule is Cc1cc(C)c(S)c(C)c1.Cc1ccc(S(=O)(=O)O)cc1. The molecular weight excluding hydrogens is 304 g/mol. The van der Waals surface area contributed by atoms with Crippen molar-refractivity contribution >= 4 is 22.7 Å². The van der Waals surface area contributed by atoms with Gasteiger partial charge in [-0.25, -0.2) is 0 Å². The van der Waals surface area contributed by atoms with Crippen LogP contribution in [0.1, 0.15) is 22.3 Å². The van der Waals surface area contributed by atoms with Gasteiger partial charge in [0.15, 0.2) is 0 Å². The van der Waals surface area contributed by atoms with Gasteiger partial charge in [-0.15, -0.1) is 12.6 Å². The lowest BCUT2D eigenvalue weighted by Crippen LogP contribution is -1.96. The molecule has 0 saturated heterocycles. The van der Waals surface area contributed by atoms with Crippen LogP contribution < -0.4 is 0 Å². The van der Waals surface area contributed by atoms with Gasteiger partial charge in [-0.3, -0.25) is 4.55 Å². The van der Waals surface area contributed by atoms with Gasteiger partial charge in [-0.1, -0.05) is 35.4 Å². The molecular formula is C16H20O3S2. The van der Waals surface area contributed by atoms with Crippen LogP contribution in [0.3, 0.4) is 0 Å². The first kappa shape index (κ1) is 17.8. The summed E-state index contributed by atoms with van der Waals surface area (Å²) in [6, 6.07) is 10.3. The predicted molar refractivity (Wildman–Crippen MR) is 88.9 cm³/mol. The van der Waals surface area contributed by atoms with E-state index in [9.17, 15) is 8.42 Å². The van der Waals surface area contributed by atoms with Gasteiger partial charge in [-0.2, -0.15) is 8.42 Å². The molecule has 0 saturated carbocycles. The minimum Gasteiger partial charge on any atom is -0.282 e. The summed E-state index contributed by atoms with van der Waals surface area (Å²) >= 11 is 4.36. The molecule has 0 aliphatic carbocycles. The Balaban J connectivity index is 0.000000211. The lowest BCUT2D eigenvalue weighted by Gasteiger charge is -2.03. The van der Waals surface area contributed by atoms with Crippen molar-refractivity contribution in [3.8, 4) is 0 Å². The molecule has 2 rings (SSSR count). The van der Waals surface area contributed by atoms with Crippen LogP contribution in [0.25, 0.3) is 0 Å². The smallest absolute Gasteiger partial charge is 0.282 e. The summed E-state index contributed by atoms with van der Waals surface area (Å²) in [7, 11) is -4.02. The van der Waals surface area contributed by atoms with Gasteiger partial charge in [0, 0.05) is 4.90 Å². The van der Waals surface area contributed by atoms with Crippen LogP contribution in [0.4, 0.5) is 0 Å². The van der Waals surface area contributed by atoms with E-state index in [4.69, 9.17) is 4.55 Å². The van der Waals surface area contributed by atoms with Crippen molar-refractivity contribution < 1.29 is 13.0 Å². The largest absolute Gasteiger partial charge is 0.294 e. The summed E-state index contributed by atoms with van der Waals surface area (Å²) in [6.07, 6.45) is 0. The third kappa shape index (κ3) is 5.53. The number of benzene rings is 2. The zero-order valence-corrected chi connectivity index (χ0v) is 14.3. The molecule has 0 spiro atoms. The molecule has 0 amide bonds. The van der Waals surface area contributed by atoms with Gasteiger partial charge >= 0.3 is 0 Å². The van der Waals surface area contributed by atoms with E-state index in [0.29, 0.717) is 0 Å². The normalized spacial score (nSPS) is 10.8. The standard InChI is InChI=1S/C9H12S.C7H8O3S/c1-6-4-7(2)9(10)8(3)5-6;1-6-2-4-7(5-3-6)11(8,9)10/h4-5,10H,1-3H3;2-5H,1H3,(H,8,9,10). The lowest BCUT2D eigenvalue weighted by atomic mass is 10.1. The third-order valence-corrected chi connectivity index (χ3v) is 4.53. The van der Waals surface area contributed by atoms with Crippen molar-refractivity contribution in [3.63, 3.8) is 0 Å². The fourth-order valence-electron chi connectivity index (χ4n) is 1.88. The first-order valence-corrected chi connectivity index (χ1v) is 8.31. The Morgan fingerprint density at radius 1 is 0.857 bits per heavy atom. The molecule has 2 aromatic rings. The van der Waals surface area contributed by atoms with E-state index in [-0.39, 0.29) is 4.90 Å². The molecule has 1 N–H and O–H groups in total. The molecule has 0 unspecified atom stereocenters. The van der Waals surface area contributed by atoms with Gasteiger partial charge in [-0.05, 0) is 51.0 Å². The number of hydrogen-bond acceptors (Lipinski definition) is 3. The second kappa shape index (κ2) is 7.11. The van der Waals surface area contributed by atoms with Crippen LogP contribution in [-0.4, -0.2) is 13.0 Å². The first-order valence-electron chi connectivity index (χ1n) is 6.42. The Morgan fingerprint density at radius 3 is 1.67 bits per heavy atom. The molecule has 0 aliphatic heterocycles. The van der Waals surface area contributed by atoms with E-state index in [2.05, 4.69) is 45.5 Å². The zero-order chi connectivity index (χ0) is 16.2. The van der Waals surface area contributed by atoms with Crippen molar-refractivity contribution in [1.29, 1.82) is 0 Å². The maximum Gasteiger partial charge on any atom is 0.294 e. The van der Waals surface area contributed by atoms with Gasteiger partial charge < -0.3 is 0 Å². The van der Waals surface area contributed by atoms with E-state index < -0.39 is 10.1 Å². The monoisotopic (exact) mass is 324 g/mol. The van der Waals surface area contributed by atoms with Crippen LogP contribution in [0.5, 0.6) is 0 Å². The van der Waals surface area contributed by atoms with E-state index in [0.717, 1.165) is 10.5 Å². The maximum atomic E-state index is 10.5. The van der Waals surface area contributed by atoms with Gasteiger partial charge in [0.2, 0.25) is 0 Å². The number of hydrogen-bond donors (Lipinski definition) is 2. The highest BCUT2D eigenvalue weighted by atomic mass is 32.2. The van der Waals surface area contributed by atoms with Gasteiger partial charge in [0.1, 0.15) is 0 Å². The highest BCUT2D eigenvalue weighted by molar-refractivity contribution is 7.85. The summed E-state index contributed by atoms with van der Waals surface area (Å²) in [6.45, 7) is 8.12. The molecule has 0 atom stereocenters. The Hall–Kier alpha value is -1.30. The zero-order valence-electron chi connectivity index (χ0n) is 12.6. The average molecular weight is 324 g/mol. The van der Waals surface area contributed by atoms with Gasteiger partial charge in [0.25, 0.3) is 10.1 Å². The van der Waals surface area contributed by atoms with Crippen molar-refractivity contribution in [3.05, 3.63) is 58.7 Å². The topological polar surface area (TPSA) is 54.4 Å². The van der Waals surface area contributed by atoms with E-state index in [1.807, 2.05) is 6.92 Å². The molecule has 0 heterocycles. The van der Waals surface area contributed by atoms with Crippen LogP contribution in [0, 0.1) is 27.7 Å². The molecule has 2 aromatic carbocycles. The number of thiol groups is 1. The van der Waals surface area contributed by atoms with E-state index in [1.54, 1.807) is 12.1 Å². The highest BCUT2D eigenvalue weighted by Crippen LogP contribution is 2.19. The maximum absolute atomic E-state index is 10.5. The Morgan fingerprint density at radius 2 is 1.29 bits per heavy atom. The van der Waals surface area contributed by atoms with E-state index >= 15 is 0 Å². The molecule has 0 aliphatic rings. The van der Waals surface area contributed by atoms with Crippen LogP contribution in [0.15, 0.2) is 46.2 Å². The quantitative estimate of drug-likeness (QED) is 0.612. The fraction of sp³-hybridized carbons (Fsp3) is 0.250. The summed E-state index contributed by atoms with van der Waals surface area (Å²) < 4.78 is 29.6. The summed E-state index contributed by atoms with van der Waals surface area (Å²) in [5, 5.41) is 0. The van der Waals surface area contributed by atoms with Crippen molar-refractivity contribution in [2.75, 3.05) is 0 Å². The Labute approximate surface area is 132 Å². The van der Waals surface area contributed by atoms with Crippen molar-refractivity contribution in [2.24, 2.45) is 0 Å². The molecule has 21 heavy (non-hydrogen) atoms. The van der Waals surface area contributed by atoms with Gasteiger partial charge in [0.05, 0.1) is 4.90 Å².